The molecule has 1 amide bonds. The van der Waals surface area contributed by atoms with Crippen molar-refractivity contribution in [2.24, 2.45) is 11.7 Å². The van der Waals surface area contributed by atoms with E-state index >= 15 is 0 Å². The van der Waals surface area contributed by atoms with Crippen LogP contribution in [0.5, 0.6) is 5.75 Å². The normalized spacial score (nSPS) is 26.5. The van der Waals surface area contributed by atoms with Crippen LogP contribution >= 0.6 is 0 Å². The second-order valence-corrected chi connectivity index (χ2v) is 8.35. The number of ether oxygens (including phenoxy) is 1. The number of nitrogens with one attached hydrogen (secondary N) is 1. The number of carbonyl (C=O) groups is 1. The maximum absolute atomic E-state index is 13.0. The van der Waals surface area contributed by atoms with Gasteiger partial charge in [0, 0.05) is 17.1 Å². The molecule has 2 aliphatic carbocycles. The van der Waals surface area contributed by atoms with E-state index in [1.54, 1.807) is 0 Å². The highest BCUT2D eigenvalue weighted by atomic mass is 19.1. The van der Waals surface area contributed by atoms with Crippen LogP contribution < -0.4 is 15.8 Å². The molecule has 148 valence electrons. The Morgan fingerprint density at radius 1 is 1.18 bits per heavy atom. The van der Waals surface area contributed by atoms with Crippen LogP contribution in [-0.2, 0) is 11.8 Å². The minimum absolute atomic E-state index is 0.0918. The Bertz CT molecular complexity index is 867. The molecule has 4 nitrogen and oxygen atoms in total. The first kappa shape index (κ1) is 18.9. The van der Waals surface area contributed by atoms with Crippen molar-refractivity contribution < 1.29 is 13.9 Å². The monoisotopic (exact) mass is 382 g/mol. The zero-order chi connectivity index (χ0) is 19.7. The largest absolute Gasteiger partial charge is 0.417 e. The average molecular weight is 382 g/mol. The van der Waals surface area contributed by atoms with Crippen LogP contribution in [0.1, 0.15) is 50.2 Å². The molecule has 1 saturated carbocycles. The van der Waals surface area contributed by atoms with Gasteiger partial charge in [0.05, 0.1) is 0 Å². The van der Waals surface area contributed by atoms with Crippen LogP contribution in [0.4, 0.5) is 14.9 Å². The third kappa shape index (κ3) is 3.63. The number of hydrogen-bond acceptors (Lipinski definition) is 3. The maximum Gasteiger partial charge on any atom is 0.417 e. The van der Waals surface area contributed by atoms with Gasteiger partial charge in [-0.15, -0.1) is 0 Å². The van der Waals surface area contributed by atoms with E-state index in [0.29, 0.717) is 17.4 Å². The van der Waals surface area contributed by atoms with E-state index in [1.165, 1.54) is 61.1 Å². The van der Waals surface area contributed by atoms with Crippen LogP contribution in [0.3, 0.4) is 0 Å². The molecule has 0 aliphatic heterocycles. The van der Waals surface area contributed by atoms with E-state index in [-0.39, 0.29) is 17.3 Å². The van der Waals surface area contributed by atoms with Crippen molar-refractivity contribution in [2.75, 3.05) is 5.32 Å². The van der Waals surface area contributed by atoms with Crippen molar-refractivity contribution in [1.82, 2.24) is 0 Å². The van der Waals surface area contributed by atoms with Gasteiger partial charge in [-0.05, 0) is 72.7 Å². The highest BCUT2D eigenvalue weighted by Gasteiger charge is 2.43. The molecule has 1 fully saturated rings. The number of halogens is 1. The molecule has 28 heavy (non-hydrogen) atoms. The van der Waals surface area contributed by atoms with Gasteiger partial charge in [-0.25, -0.2) is 9.18 Å². The molecule has 2 aromatic rings. The molecule has 0 saturated heterocycles. The lowest BCUT2D eigenvalue weighted by molar-refractivity contribution is 0.200. The number of fused-ring (bicyclic) bond motifs is 4. The average Bonchev–Trinajstić information content (AvgIpc) is 2.67. The first-order valence-corrected chi connectivity index (χ1v) is 10.1. The maximum atomic E-state index is 13.0. The summed E-state index contributed by atoms with van der Waals surface area (Å²) in [6, 6.07) is 11.6. The number of nitrogens with two attached hydrogens (primary N) is 1. The molecule has 2 bridgehead atoms. The van der Waals surface area contributed by atoms with Crippen molar-refractivity contribution in [3.8, 4) is 5.75 Å². The van der Waals surface area contributed by atoms with Crippen LogP contribution in [0.15, 0.2) is 42.5 Å². The van der Waals surface area contributed by atoms with Gasteiger partial charge in [0.1, 0.15) is 11.6 Å². The molecular weight excluding hydrogens is 355 g/mol. The molecule has 4 rings (SSSR count). The number of rotatable bonds is 2. The van der Waals surface area contributed by atoms with Crippen molar-refractivity contribution in [2.45, 2.75) is 56.9 Å². The Kier molecular flexibility index (Phi) is 5.11. The van der Waals surface area contributed by atoms with Gasteiger partial charge < -0.3 is 10.5 Å². The molecule has 0 radical (unpaired) electrons. The Balaban J connectivity index is 1.55. The highest BCUT2D eigenvalue weighted by Crippen LogP contribution is 2.46. The summed E-state index contributed by atoms with van der Waals surface area (Å²) in [5.74, 6) is 0.675. The molecule has 3 atom stereocenters. The summed E-state index contributed by atoms with van der Waals surface area (Å²) in [7, 11) is 0. The fourth-order valence-corrected chi connectivity index (χ4v) is 4.88. The standard InChI is InChI=1S/C23H27FN2O2/c1-23-12-4-2-3-5-16(21(23)25)13-15-6-11-19(14-20(15)23)28-22(27)26-18-9-7-17(24)8-10-18/h6-11,14,16,21H,2-5,12-13,25H2,1H3,(H,26,27)/t16-,21-,23+/m0/s1. The number of hydrogen-bond donors (Lipinski definition) is 2. The molecule has 2 aliphatic rings. The Morgan fingerprint density at radius 2 is 1.96 bits per heavy atom. The number of anilines is 1. The smallest absolute Gasteiger partial charge is 0.410 e. The van der Waals surface area contributed by atoms with Gasteiger partial charge in [0.25, 0.3) is 0 Å². The minimum Gasteiger partial charge on any atom is -0.410 e. The summed E-state index contributed by atoms with van der Waals surface area (Å²) < 4.78 is 18.5. The van der Waals surface area contributed by atoms with Gasteiger partial charge in [-0.2, -0.15) is 0 Å². The van der Waals surface area contributed by atoms with Crippen LogP contribution in [-0.4, -0.2) is 12.1 Å². The van der Waals surface area contributed by atoms with Crippen molar-refractivity contribution in [1.29, 1.82) is 0 Å². The quantitative estimate of drug-likeness (QED) is 0.754. The van der Waals surface area contributed by atoms with E-state index in [0.717, 1.165) is 12.8 Å². The fourth-order valence-electron chi connectivity index (χ4n) is 4.88. The SMILES string of the molecule is C[C@@]12CCCCC[C@@H](Cc3ccc(OC(=O)Nc4ccc(F)cc4)cc31)[C@@H]2N. The first-order valence-electron chi connectivity index (χ1n) is 10.1. The summed E-state index contributed by atoms with van der Waals surface area (Å²) in [5.41, 5.74) is 9.65. The Hall–Kier alpha value is -2.40. The molecule has 0 aromatic heterocycles. The third-order valence-electron chi connectivity index (χ3n) is 6.49. The first-order chi connectivity index (χ1) is 13.5. The predicted molar refractivity (Wildman–Crippen MR) is 108 cm³/mol. The molecule has 0 heterocycles. The summed E-state index contributed by atoms with van der Waals surface area (Å²) in [4.78, 5) is 12.2. The van der Waals surface area contributed by atoms with Gasteiger partial charge in [-0.1, -0.05) is 32.3 Å². The number of amides is 1. The lowest BCUT2D eigenvalue weighted by Crippen LogP contribution is -2.52. The van der Waals surface area contributed by atoms with E-state index in [1.807, 2.05) is 12.1 Å². The van der Waals surface area contributed by atoms with E-state index < -0.39 is 6.09 Å². The van der Waals surface area contributed by atoms with E-state index in [9.17, 15) is 9.18 Å². The lowest BCUT2D eigenvalue weighted by Gasteiger charge is -2.47. The second kappa shape index (κ2) is 7.55. The van der Waals surface area contributed by atoms with Crippen molar-refractivity contribution >= 4 is 11.8 Å². The summed E-state index contributed by atoms with van der Waals surface area (Å²) in [6.45, 7) is 2.26. The molecule has 3 N–H and O–H groups in total. The zero-order valence-corrected chi connectivity index (χ0v) is 16.2. The summed E-state index contributed by atoms with van der Waals surface area (Å²) in [6.07, 6.45) is 6.34. The Morgan fingerprint density at radius 3 is 2.75 bits per heavy atom. The fraction of sp³-hybridized carbons (Fsp3) is 0.435. The van der Waals surface area contributed by atoms with Gasteiger partial charge >= 0.3 is 6.09 Å². The zero-order valence-electron chi connectivity index (χ0n) is 16.2. The summed E-state index contributed by atoms with van der Waals surface area (Å²) >= 11 is 0. The molecule has 5 heteroatoms. The third-order valence-corrected chi connectivity index (χ3v) is 6.49. The predicted octanol–water partition coefficient (Wildman–Crippen LogP) is 5.16. The van der Waals surface area contributed by atoms with E-state index in [4.69, 9.17) is 10.5 Å². The highest BCUT2D eigenvalue weighted by molar-refractivity contribution is 5.86. The topological polar surface area (TPSA) is 64.3 Å². The molecule has 0 spiro atoms. The second-order valence-electron chi connectivity index (χ2n) is 8.35. The van der Waals surface area contributed by atoms with Crippen molar-refractivity contribution in [3.05, 3.63) is 59.4 Å². The van der Waals surface area contributed by atoms with Gasteiger partial charge in [-0.3, -0.25) is 5.32 Å². The Labute approximate surface area is 165 Å². The molecular formula is C23H27FN2O2. The van der Waals surface area contributed by atoms with Crippen LogP contribution in [0.25, 0.3) is 0 Å². The summed E-state index contributed by atoms with van der Waals surface area (Å²) in [5, 5.41) is 2.63. The number of carbonyl (C=O) groups excluding carboxylic acids is 1. The molecule has 0 unspecified atom stereocenters. The van der Waals surface area contributed by atoms with Gasteiger partial charge in [0.2, 0.25) is 0 Å². The van der Waals surface area contributed by atoms with Crippen molar-refractivity contribution in [3.63, 3.8) is 0 Å². The van der Waals surface area contributed by atoms with Crippen LogP contribution in [0.2, 0.25) is 0 Å². The minimum atomic E-state index is -0.590. The van der Waals surface area contributed by atoms with E-state index in [2.05, 4.69) is 18.3 Å². The van der Waals surface area contributed by atoms with Gasteiger partial charge in [0.15, 0.2) is 0 Å². The molecule has 2 aromatic carbocycles. The lowest BCUT2D eigenvalue weighted by atomic mass is 9.60. The number of benzene rings is 2. The van der Waals surface area contributed by atoms with Crippen LogP contribution in [0, 0.1) is 11.7 Å².